The van der Waals surface area contributed by atoms with Crippen LogP contribution >= 0.6 is 0 Å². The van der Waals surface area contributed by atoms with E-state index < -0.39 is 23.7 Å². The maximum atomic E-state index is 13.2. The van der Waals surface area contributed by atoms with Gasteiger partial charge in [-0.3, -0.25) is 4.79 Å². The fraction of sp³-hybridized carbons (Fsp3) is 0.478. The molecule has 0 atom stereocenters. The molecule has 34 heavy (non-hydrogen) atoms. The summed E-state index contributed by atoms with van der Waals surface area (Å²) in [5.74, 6) is 0.490. The summed E-state index contributed by atoms with van der Waals surface area (Å²) in [5, 5.41) is 10.6. The summed E-state index contributed by atoms with van der Waals surface area (Å²) in [7, 11) is 0. The number of carbonyl (C=O) groups excluding carboxylic acids is 2. The number of nitrogens with one attached hydrogen (secondary N) is 1. The van der Waals surface area contributed by atoms with Crippen LogP contribution in [-0.4, -0.2) is 59.8 Å². The molecule has 2 aromatic rings. The zero-order chi connectivity index (χ0) is 24.7. The van der Waals surface area contributed by atoms with Gasteiger partial charge < -0.3 is 19.9 Å². The van der Waals surface area contributed by atoms with Crippen LogP contribution in [0.5, 0.6) is 5.88 Å². The summed E-state index contributed by atoms with van der Waals surface area (Å²) >= 11 is 0. The predicted molar refractivity (Wildman–Crippen MR) is 120 cm³/mol. The fourth-order valence-corrected chi connectivity index (χ4v) is 3.59. The van der Waals surface area contributed by atoms with E-state index in [9.17, 15) is 22.8 Å². The zero-order valence-corrected chi connectivity index (χ0v) is 19.1. The first-order valence-corrected chi connectivity index (χ1v) is 11.1. The molecule has 1 aromatic heterocycles. The average molecular weight is 480 g/mol. The van der Waals surface area contributed by atoms with Crippen LogP contribution in [0.4, 0.5) is 23.8 Å². The summed E-state index contributed by atoms with van der Waals surface area (Å²) in [4.78, 5) is 27.8. The van der Waals surface area contributed by atoms with Crippen molar-refractivity contribution >= 4 is 17.8 Å². The quantitative estimate of drug-likeness (QED) is 0.605. The second-order valence-electron chi connectivity index (χ2n) is 8.40. The number of ether oxygens (including phenoxy) is 1. The molecule has 0 radical (unpaired) electrons. The van der Waals surface area contributed by atoms with Crippen molar-refractivity contribution in [2.45, 2.75) is 32.9 Å². The first-order chi connectivity index (χ1) is 16.1. The minimum absolute atomic E-state index is 0.0580. The number of aromatic nitrogens is 2. The normalized spacial score (nSPS) is 14.3. The predicted octanol–water partition coefficient (Wildman–Crippen LogP) is 3.98. The van der Waals surface area contributed by atoms with Gasteiger partial charge in [0.15, 0.2) is 5.82 Å². The molecule has 1 aliphatic rings. The van der Waals surface area contributed by atoms with Gasteiger partial charge in [0, 0.05) is 38.8 Å². The SMILES string of the molecule is CC(C)CCCNC(=O)Oc1ccc(N2CCN(C(=O)c3ccccc3C(F)(F)F)CC2)nn1. The molecule has 1 N–H and O–H groups in total. The van der Waals surface area contributed by atoms with Crippen LogP contribution in [0.2, 0.25) is 0 Å². The number of halogens is 3. The monoisotopic (exact) mass is 479 g/mol. The van der Waals surface area contributed by atoms with E-state index in [0.717, 1.165) is 18.9 Å². The number of anilines is 1. The first kappa shape index (κ1) is 25.3. The van der Waals surface area contributed by atoms with Crippen LogP contribution in [0.25, 0.3) is 0 Å². The van der Waals surface area contributed by atoms with Crippen LogP contribution in [-0.2, 0) is 6.18 Å². The topological polar surface area (TPSA) is 87.7 Å². The van der Waals surface area contributed by atoms with Crippen molar-refractivity contribution in [1.82, 2.24) is 20.4 Å². The number of piperazine rings is 1. The van der Waals surface area contributed by atoms with Crippen LogP contribution in [0.3, 0.4) is 0 Å². The van der Waals surface area contributed by atoms with E-state index in [0.29, 0.717) is 31.4 Å². The van der Waals surface area contributed by atoms with Crippen LogP contribution in [0.1, 0.15) is 42.6 Å². The van der Waals surface area contributed by atoms with E-state index in [1.807, 2.05) is 4.90 Å². The lowest BCUT2D eigenvalue weighted by atomic mass is 10.1. The molecule has 3 rings (SSSR count). The minimum Gasteiger partial charge on any atom is -0.390 e. The Balaban J connectivity index is 1.51. The fourth-order valence-electron chi connectivity index (χ4n) is 3.59. The molecular weight excluding hydrogens is 451 g/mol. The highest BCUT2D eigenvalue weighted by molar-refractivity contribution is 5.96. The van der Waals surface area contributed by atoms with E-state index >= 15 is 0 Å². The van der Waals surface area contributed by atoms with Gasteiger partial charge in [0.25, 0.3) is 5.91 Å². The van der Waals surface area contributed by atoms with E-state index in [2.05, 4.69) is 29.4 Å². The maximum absolute atomic E-state index is 13.2. The molecular formula is C23H28F3N5O3. The second-order valence-corrected chi connectivity index (χ2v) is 8.40. The summed E-state index contributed by atoms with van der Waals surface area (Å²) in [6.07, 6.45) is -3.34. The number of rotatable bonds is 7. The third-order valence-electron chi connectivity index (χ3n) is 5.40. The highest BCUT2D eigenvalue weighted by atomic mass is 19.4. The number of benzene rings is 1. The van der Waals surface area contributed by atoms with Crippen LogP contribution < -0.4 is 15.0 Å². The Kier molecular flexibility index (Phi) is 8.30. The van der Waals surface area contributed by atoms with Crippen LogP contribution in [0.15, 0.2) is 36.4 Å². The molecule has 0 aliphatic carbocycles. The van der Waals surface area contributed by atoms with Crippen molar-refractivity contribution in [2.75, 3.05) is 37.6 Å². The standard InChI is InChI=1S/C23H28F3N5O3/c1-16(2)6-5-11-27-22(33)34-20-10-9-19(28-29-20)30-12-14-31(15-13-30)21(32)17-7-3-4-8-18(17)23(24,25)26/h3-4,7-10,16H,5-6,11-15H2,1-2H3,(H,27,33). The minimum atomic E-state index is -4.60. The lowest BCUT2D eigenvalue weighted by Gasteiger charge is -2.35. The summed E-state index contributed by atoms with van der Waals surface area (Å²) in [6, 6.07) is 7.96. The molecule has 11 heteroatoms. The molecule has 0 saturated carbocycles. The Morgan fingerprint density at radius 3 is 2.38 bits per heavy atom. The van der Waals surface area contributed by atoms with E-state index in [4.69, 9.17) is 4.74 Å². The molecule has 1 aromatic carbocycles. The molecule has 1 saturated heterocycles. The highest BCUT2D eigenvalue weighted by Gasteiger charge is 2.36. The molecule has 184 valence electrons. The number of nitrogens with zero attached hydrogens (tertiary/aromatic N) is 4. The van der Waals surface area contributed by atoms with Crippen molar-refractivity contribution in [3.05, 3.63) is 47.5 Å². The summed E-state index contributed by atoms with van der Waals surface area (Å²) in [5.41, 5.74) is -1.29. The number of hydrogen-bond acceptors (Lipinski definition) is 6. The molecule has 0 unspecified atom stereocenters. The maximum Gasteiger partial charge on any atom is 0.417 e. The van der Waals surface area contributed by atoms with Gasteiger partial charge in [-0.25, -0.2) is 4.79 Å². The van der Waals surface area contributed by atoms with Gasteiger partial charge in [-0.1, -0.05) is 26.0 Å². The number of carbonyl (C=O) groups is 2. The molecule has 2 amide bonds. The van der Waals surface area contributed by atoms with Gasteiger partial charge in [0.2, 0.25) is 5.88 Å². The third-order valence-corrected chi connectivity index (χ3v) is 5.40. The third kappa shape index (κ3) is 6.82. The van der Waals surface area contributed by atoms with E-state index in [1.165, 1.54) is 29.2 Å². The number of amides is 2. The van der Waals surface area contributed by atoms with Gasteiger partial charge in [0.05, 0.1) is 11.1 Å². The van der Waals surface area contributed by atoms with Crippen molar-refractivity contribution in [3.63, 3.8) is 0 Å². The molecule has 8 nitrogen and oxygen atoms in total. The van der Waals surface area contributed by atoms with Crippen molar-refractivity contribution in [2.24, 2.45) is 5.92 Å². The Hall–Kier alpha value is -3.37. The largest absolute Gasteiger partial charge is 0.417 e. The van der Waals surface area contributed by atoms with Crippen LogP contribution in [0, 0.1) is 5.92 Å². The zero-order valence-electron chi connectivity index (χ0n) is 19.1. The van der Waals surface area contributed by atoms with E-state index in [-0.39, 0.29) is 24.5 Å². The molecule has 1 fully saturated rings. The Labute approximate surface area is 196 Å². The highest BCUT2D eigenvalue weighted by Crippen LogP contribution is 2.32. The second kappa shape index (κ2) is 11.2. The molecule has 1 aliphatic heterocycles. The van der Waals surface area contributed by atoms with E-state index in [1.54, 1.807) is 6.07 Å². The summed E-state index contributed by atoms with van der Waals surface area (Å²) in [6.45, 7) is 5.98. The molecule has 2 heterocycles. The summed E-state index contributed by atoms with van der Waals surface area (Å²) < 4.78 is 44.9. The first-order valence-electron chi connectivity index (χ1n) is 11.1. The molecule has 0 spiro atoms. The Morgan fingerprint density at radius 2 is 1.76 bits per heavy atom. The van der Waals surface area contributed by atoms with Gasteiger partial charge >= 0.3 is 12.3 Å². The van der Waals surface area contributed by atoms with Crippen molar-refractivity contribution < 1.29 is 27.5 Å². The number of alkyl halides is 3. The lowest BCUT2D eigenvalue weighted by Crippen LogP contribution is -2.49. The van der Waals surface area contributed by atoms with Gasteiger partial charge in [0.1, 0.15) is 0 Å². The molecule has 0 bridgehead atoms. The van der Waals surface area contributed by atoms with Gasteiger partial charge in [-0.15, -0.1) is 10.2 Å². The van der Waals surface area contributed by atoms with Crippen molar-refractivity contribution in [1.29, 1.82) is 0 Å². The Bertz CT molecular complexity index is 975. The van der Waals surface area contributed by atoms with Gasteiger partial charge in [-0.2, -0.15) is 13.2 Å². The Morgan fingerprint density at radius 1 is 1.06 bits per heavy atom. The van der Waals surface area contributed by atoms with Gasteiger partial charge in [-0.05, 0) is 37.0 Å². The van der Waals surface area contributed by atoms with Crippen molar-refractivity contribution in [3.8, 4) is 5.88 Å². The number of hydrogen-bond donors (Lipinski definition) is 1. The lowest BCUT2D eigenvalue weighted by molar-refractivity contribution is -0.138. The smallest absolute Gasteiger partial charge is 0.390 e. The average Bonchev–Trinajstić information content (AvgIpc) is 2.81.